The number of hydrogen-bond donors (Lipinski definition) is 0. The van der Waals surface area contributed by atoms with E-state index in [9.17, 15) is 22.8 Å². The van der Waals surface area contributed by atoms with Crippen LogP contribution in [0.25, 0.3) is 16.4 Å². The molecule has 1 atom stereocenters. The molecule has 0 bridgehead atoms. The lowest BCUT2D eigenvalue weighted by atomic mass is 10.2. The first-order chi connectivity index (χ1) is 15.7. The minimum Gasteiger partial charge on any atom is -0.447 e. The van der Waals surface area contributed by atoms with Gasteiger partial charge in [0.2, 0.25) is 0 Å². The molecule has 1 saturated heterocycles. The van der Waals surface area contributed by atoms with Gasteiger partial charge in [0.05, 0.1) is 29.3 Å². The Kier molecular flexibility index (Phi) is 6.47. The normalized spacial score (nSPS) is 15.3. The van der Waals surface area contributed by atoms with Crippen LogP contribution in [0.3, 0.4) is 0 Å². The first-order valence-corrected chi connectivity index (χ1v) is 10.9. The molecule has 1 fully saturated rings. The zero-order valence-corrected chi connectivity index (χ0v) is 18.2. The Balaban J connectivity index is 1.62. The summed E-state index contributed by atoms with van der Waals surface area (Å²) in [6.07, 6.45) is -5.63. The van der Waals surface area contributed by atoms with Gasteiger partial charge in [-0.2, -0.15) is 18.2 Å². The van der Waals surface area contributed by atoms with Gasteiger partial charge in [-0.3, -0.25) is 4.79 Å². The van der Waals surface area contributed by atoms with Crippen molar-refractivity contribution in [1.29, 1.82) is 0 Å². The third-order valence-electron chi connectivity index (χ3n) is 4.90. The van der Waals surface area contributed by atoms with E-state index in [-0.39, 0.29) is 23.2 Å². The van der Waals surface area contributed by atoms with Crippen molar-refractivity contribution in [2.75, 3.05) is 26.3 Å². The number of nitrogens with zero attached hydrogens (tertiary/aromatic N) is 4. The number of rotatable bonds is 5. The lowest BCUT2D eigenvalue weighted by Gasteiger charge is -2.28. The molecule has 0 saturated carbocycles. The summed E-state index contributed by atoms with van der Waals surface area (Å²) in [6, 6.07) is 8.00. The SMILES string of the molecule is CC(OC(=O)c1nc(-c2cccs2)n(-c2cccc(C(F)(F)F)c2)n1)C(=O)N1CCOCC1. The van der Waals surface area contributed by atoms with Crippen LogP contribution in [0, 0.1) is 0 Å². The highest BCUT2D eigenvalue weighted by molar-refractivity contribution is 7.13. The predicted octanol–water partition coefficient (Wildman–Crippen LogP) is 3.42. The Morgan fingerprint density at radius 2 is 1.94 bits per heavy atom. The van der Waals surface area contributed by atoms with Crippen molar-refractivity contribution in [3.63, 3.8) is 0 Å². The minimum absolute atomic E-state index is 0.0808. The third kappa shape index (κ3) is 5.06. The Bertz CT molecular complexity index is 1140. The maximum atomic E-state index is 13.2. The molecule has 3 heterocycles. The van der Waals surface area contributed by atoms with E-state index in [1.807, 2.05) is 0 Å². The van der Waals surface area contributed by atoms with Gasteiger partial charge in [0.1, 0.15) is 0 Å². The second-order valence-corrected chi connectivity index (χ2v) is 8.13. The second kappa shape index (κ2) is 9.32. The van der Waals surface area contributed by atoms with Crippen LogP contribution < -0.4 is 0 Å². The number of aromatic nitrogens is 3. The van der Waals surface area contributed by atoms with Gasteiger partial charge in [0.15, 0.2) is 11.9 Å². The molecule has 0 spiro atoms. The number of carbonyl (C=O) groups excluding carboxylic acids is 2. The highest BCUT2D eigenvalue weighted by atomic mass is 32.1. The van der Waals surface area contributed by atoms with Crippen molar-refractivity contribution < 1.29 is 32.2 Å². The molecule has 174 valence electrons. The molecule has 4 rings (SSSR count). The molecule has 1 aromatic carbocycles. The van der Waals surface area contributed by atoms with Gasteiger partial charge < -0.3 is 14.4 Å². The predicted molar refractivity (Wildman–Crippen MR) is 112 cm³/mol. The van der Waals surface area contributed by atoms with Crippen LogP contribution in [-0.2, 0) is 20.4 Å². The van der Waals surface area contributed by atoms with E-state index in [0.717, 1.165) is 16.8 Å². The van der Waals surface area contributed by atoms with E-state index >= 15 is 0 Å². The van der Waals surface area contributed by atoms with Crippen LogP contribution in [0.4, 0.5) is 13.2 Å². The summed E-state index contributed by atoms with van der Waals surface area (Å²) >= 11 is 1.29. The molecule has 0 N–H and O–H groups in total. The van der Waals surface area contributed by atoms with Crippen molar-refractivity contribution >= 4 is 23.2 Å². The molecule has 1 unspecified atom stereocenters. The number of ether oxygens (including phenoxy) is 2. The topological polar surface area (TPSA) is 86.5 Å². The third-order valence-corrected chi connectivity index (χ3v) is 5.77. The van der Waals surface area contributed by atoms with E-state index < -0.39 is 23.8 Å². The summed E-state index contributed by atoms with van der Waals surface area (Å²) < 4.78 is 51.2. The fourth-order valence-electron chi connectivity index (χ4n) is 3.26. The Hall–Kier alpha value is -3.25. The molecule has 8 nitrogen and oxygen atoms in total. The molecule has 2 aromatic heterocycles. The number of carbonyl (C=O) groups is 2. The van der Waals surface area contributed by atoms with E-state index in [4.69, 9.17) is 9.47 Å². The van der Waals surface area contributed by atoms with Gasteiger partial charge in [-0.05, 0) is 36.6 Å². The summed E-state index contributed by atoms with van der Waals surface area (Å²) in [7, 11) is 0. The maximum absolute atomic E-state index is 13.2. The second-order valence-electron chi connectivity index (χ2n) is 7.18. The van der Waals surface area contributed by atoms with E-state index in [0.29, 0.717) is 31.2 Å². The molecule has 1 aliphatic rings. The molecule has 0 radical (unpaired) electrons. The van der Waals surface area contributed by atoms with Gasteiger partial charge in [-0.25, -0.2) is 9.48 Å². The Morgan fingerprint density at radius 3 is 2.61 bits per heavy atom. The van der Waals surface area contributed by atoms with Crippen LogP contribution >= 0.6 is 11.3 Å². The minimum atomic E-state index is -4.54. The van der Waals surface area contributed by atoms with E-state index in [1.54, 1.807) is 17.5 Å². The maximum Gasteiger partial charge on any atom is 0.416 e. The Labute approximate surface area is 190 Å². The van der Waals surface area contributed by atoms with Crippen LogP contribution in [0.2, 0.25) is 0 Å². The zero-order chi connectivity index (χ0) is 23.6. The molecular weight excluding hydrogens is 461 g/mol. The number of halogens is 3. The average Bonchev–Trinajstić information content (AvgIpc) is 3.48. The summed E-state index contributed by atoms with van der Waals surface area (Å²) in [6.45, 7) is 3.04. The molecule has 3 aromatic rings. The number of esters is 1. The molecule has 0 aliphatic carbocycles. The highest BCUT2D eigenvalue weighted by Gasteiger charge is 2.32. The van der Waals surface area contributed by atoms with Gasteiger partial charge >= 0.3 is 12.1 Å². The van der Waals surface area contributed by atoms with Crippen molar-refractivity contribution in [3.05, 3.63) is 53.2 Å². The molecule has 12 heteroatoms. The molecule has 1 amide bonds. The van der Waals surface area contributed by atoms with Crippen LogP contribution in [-0.4, -0.2) is 63.9 Å². The zero-order valence-electron chi connectivity index (χ0n) is 17.4. The summed E-state index contributed by atoms with van der Waals surface area (Å²) in [5.41, 5.74) is -0.779. The van der Waals surface area contributed by atoms with Crippen molar-refractivity contribution in [2.45, 2.75) is 19.2 Å². The van der Waals surface area contributed by atoms with Crippen molar-refractivity contribution in [1.82, 2.24) is 19.7 Å². The first kappa shape index (κ1) is 22.9. The highest BCUT2D eigenvalue weighted by Crippen LogP contribution is 2.32. The van der Waals surface area contributed by atoms with Crippen molar-refractivity contribution in [2.24, 2.45) is 0 Å². The molecule has 33 heavy (non-hydrogen) atoms. The van der Waals surface area contributed by atoms with E-state index in [2.05, 4.69) is 10.1 Å². The Morgan fingerprint density at radius 1 is 1.18 bits per heavy atom. The number of thiophene rings is 1. The summed E-state index contributed by atoms with van der Waals surface area (Å²) in [5.74, 6) is -1.50. The first-order valence-electron chi connectivity index (χ1n) is 10.00. The number of benzene rings is 1. The summed E-state index contributed by atoms with van der Waals surface area (Å²) in [5, 5.41) is 5.88. The van der Waals surface area contributed by atoms with Crippen LogP contribution in [0.5, 0.6) is 0 Å². The largest absolute Gasteiger partial charge is 0.447 e. The number of hydrogen-bond acceptors (Lipinski definition) is 7. The standard InChI is InChI=1S/C21H19F3N4O4S/c1-13(19(29)27-7-9-31-10-8-27)32-20(30)17-25-18(16-6-3-11-33-16)28(26-17)15-5-2-4-14(12-15)21(22,23)24/h2-6,11-13H,7-10H2,1H3. The number of morpholine rings is 1. The molecule has 1 aliphatic heterocycles. The van der Waals surface area contributed by atoms with Gasteiger partial charge in [0, 0.05) is 13.1 Å². The number of alkyl halides is 3. The van der Waals surface area contributed by atoms with Crippen LogP contribution in [0.15, 0.2) is 41.8 Å². The van der Waals surface area contributed by atoms with Gasteiger partial charge in [-0.15, -0.1) is 16.4 Å². The number of amides is 1. The fraction of sp³-hybridized carbons (Fsp3) is 0.333. The fourth-order valence-corrected chi connectivity index (χ4v) is 3.96. The lowest BCUT2D eigenvalue weighted by Crippen LogP contribution is -2.46. The van der Waals surface area contributed by atoms with Gasteiger partial charge in [-0.1, -0.05) is 12.1 Å². The van der Waals surface area contributed by atoms with Crippen molar-refractivity contribution in [3.8, 4) is 16.4 Å². The van der Waals surface area contributed by atoms with E-state index in [1.165, 1.54) is 35.3 Å². The lowest BCUT2D eigenvalue weighted by molar-refractivity contribution is -0.143. The summed E-state index contributed by atoms with van der Waals surface area (Å²) in [4.78, 5) is 31.6. The smallest absolute Gasteiger partial charge is 0.416 e. The van der Waals surface area contributed by atoms with Crippen LogP contribution in [0.1, 0.15) is 23.1 Å². The molecular formula is C21H19F3N4O4S. The quantitative estimate of drug-likeness (QED) is 0.521. The van der Waals surface area contributed by atoms with Gasteiger partial charge in [0.25, 0.3) is 11.7 Å². The monoisotopic (exact) mass is 480 g/mol. The average molecular weight is 480 g/mol.